The van der Waals surface area contributed by atoms with E-state index >= 15 is 0 Å². The third kappa shape index (κ3) is 4.98. The number of anilines is 2. The summed E-state index contributed by atoms with van der Waals surface area (Å²) in [4.78, 5) is 22.5. The molecule has 0 spiro atoms. The number of carbonyl (C=O) groups is 1. The maximum atomic E-state index is 12.4. The van der Waals surface area contributed by atoms with Crippen LogP contribution in [0.1, 0.15) is 25.0 Å². The van der Waals surface area contributed by atoms with Crippen LogP contribution in [0.5, 0.6) is 5.88 Å². The predicted molar refractivity (Wildman–Crippen MR) is 122 cm³/mol. The van der Waals surface area contributed by atoms with Gasteiger partial charge in [-0.3, -0.25) is 0 Å². The lowest BCUT2D eigenvalue weighted by Crippen LogP contribution is -2.58. The molecule has 2 aliphatic rings. The highest BCUT2D eigenvalue weighted by atomic mass is 35.5. The van der Waals surface area contributed by atoms with Crippen LogP contribution in [-0.2, 0) is 9.47 Å². The molecule has 2 unspecified atom stereocenters. The molecule has 11 heteroatoms. The monoisotopic (exact) mass is 482 g/mol. The Morgan fingerprint density at radius 1 is 1.24 bits per heavy atom. The second-order valence-electron chi connectivity index (χ2n) is 8.42. The van der Waals surface area contributed by atoms with Crippen LogP contribution in [0.25, 0.3) is 0 Å². The van der Waals surface area contributed by atoms with Crippen LogP contribution in [0.4, 0.5) is 16.3 Å². The van der Waals surface area contributed by atoms with E-state index in [-0.39, 0.29) is 47.4 Å². The molecule has 0 saturated carbocycles. The predicted octanol–water partition coefficient (Wildman–Crippen LogP) is 3.49. The van der Waals surface area contributed by atoms with Crippen molar-refractivity contribution < 1.29 is 19.0 Å². The number of benzene rings is 1. The third-order valence-corrected chi connectivity index (χ3v) is 5.93. The summed E-state index contributed by atoms with van der Waals surface area (Å²) < 4.78 is 17.3. The lowest BCUT2D eigenvalue weighted by molar-refractivity contribution is -0.111. The topological polar surface area (TPSA) is 133 Å². The molecular weight excluding hydrogens is 460 g/mol. The van der Waals surface area contributed by atoms with Crippen molar-refractivity contribution in [3.63, 3.8) is 0 Å². The van der Waals surface area contributed by atoms with Gasteiger partial charge in [-0.05, 0) is 32.0 Å². The van der Waals surface area contributed by atoms with Gasteiger partial charge in [0.05, 0.1) is 41.7 Å². The van der Waals surface area contributed by atoms with Crippen LogP contribution in [0.2, 0.25) is 5.02 Å². The van der Waals surface area contributed by atoms with E-state index in [1.807, 2.05) is 19.9 Å². The molecule has 1 aromatic carbocycles. The number of halogens is 1. The van der Waals surface area contributed by atoms with Crippen LogP contribution in [0, 0.1) is 34.5 Å². The average Bonchev–Trinajstić information content (AvgIpc) is 2.80. The molecule has 2 aliphatic heterocycles. The first kappa shape index (κ1) is 23.6. The van der Waals surface area contributed by atoms with Gasteiger partial charge in [-0.15, -0.1) is 0 Å². The zero-order valence-electron chi connectivity index (χ0n) is 18.7. The number of ether oxygens (including phenoxy) is 3. The van der Waals surface area contributed by atoms with Crippen LogP contribution in [0.3, 0.4) is 0 Å². The minimum absolute atomic E-state index is 0.0990. The number of hydrogen-bond acceptors (Lipinski definition) is 9. The Hall–Kier alpha value is -3.60. The van der Waals surface area contributed by atoms with Gasteiger partial charge < -0.3 is 24.4 Å². The van der Waals surface area contributed by atoms with Crippen molar-refractivity contribution in [1.29, 1.82) is 10.5 Å². The first-order valence-electron chi connectivity index (χ1n) is 10.8. The molecular formula is C23H23ClN6O4. The molecule has 176 valence electrons. The minimum Gasteiger partial charge on any atom is -0.472 e. The minimum atomic E-state index is -0.351. The largest absolute Gasteiger partial charge is 0.472 e. The highest BCUT2D eigenvalue weighted by Gasteiger charge is 2.44. The van der Waals surface area contributed by atoms with Gasteiger partial charge in [0.1, 0.15) is 18.5 Å². The van der Waals surface area contributed by atoms with Crippen molar-refractivity contribution >= 4 is 29.2 Å². The van der Waals surface area contributed by atoms with Crippen LogP contribution >= 0.6 is 11.6 Å². The van der Waals surface area contributed by atoms with E-state index in [9.17, 15) is 10.1 Å². The first-order chi connectivity index (χ1) is 16.4. The molecule has 2 saturated heterocycles. The number of nitrogens with one attached hydrogen (secondary N) is 1. The second-order valence-corrected chi connectivity index (χ2v) is 8.83. The fourth-order valence-electron chi connectivity index (χ4n) is 4.11. The number of carbonyl (C=O) groups excluding carboxylic acids is 1. The van der Waals surface area contributed by atoms with Crippen molar-refractivity contribution in [2.75, 3.05) is 31.6 Å². The van der Waals surface area contributed by atoms with Gasteiger partial charge in [0, 0.05) is 24.9 Å². The molecule has 1 N–H and O–H groups in total. The maximum absolute atomic E-state index is 12.4. The van der Waals surface area contributed by atoms with Gasteiger partial charge in [0.2, 0.25) is 5.88 Å². The Balaban J connectivity index is 1.54. The van der Waals surface area contributed by atoms with E-state index in [4.69, 9.17) is 31.1 Å². The van der Waals surface area contributed by atoms with E-state index < -0.39 is 0 Å². The van der Waals surface area contributed by atoms with Gasteiger partial charge in [-0.2, -0.15) is 10.5 Å². The SMILES string of the molecule is CC(C)OC(=O)N1CC2COCC(C1)C2Oc1ncnc(Nc2ccc(C#N)cc2Cl)c1C#N. The summed E-state index contributed by atoms with van der Waals surface area (Å²) in [6, 6.07) is 8.90. The Kier molecular flexibility index (Phi) is 7.01. The summed E-state index contributed by atoms with van der Waals surface area (Å²) in [5.41, 5.74) is 1.03. The first-order valence-corrected chi connectivity index (χ1v) is 11.2. The standard InChI is InChI=1S/C23H23ClN6O4/c1-13(2)33-23(31)30-8-15-10-32-11-16(9-30)20(15)34-22-17(7-26)21(27-12-28-22)29-19-4-3-14(6-25)5-18(19)24/h3-5,12-13,15-16,20H,8-11H2,1-2H3,(H,27,28,29). The summed E-state index contributed by atoms with van der Waals surface area (Å²) in [5, 5.41) is 22.2. The van der Waals surface area contributed by atoms with Crippen molar-refractivity contribution in [2.24, 2.45) is 11.8 Å². The van der Waals surface area contributed by atoms with Crippen LogP contribution in [0.15, 0.2) is 24.5 Å². The van der Waals surface area contributed by atoms with Gasteiger partial charge in [0.25, 0.3) is 0 Å². The third-order valence-electron chi connectivity index (χ3n) is 5.62. The quantitative estimate of drug-likeness (QED) is 0.679. The molecule has 2 bridgehead atoms. The zero-order valence-corrected chi connectivity index (χ0v) is 19.5. The Morgan fingerprint density at radius 3 is 2.59 bits per heavy atom. The fraction of sp³-hybridized carbons (Fsp3) is 0.435. The van der Waals surface area contributed by atoms with Gasteiger partial charge in [-0.25, -0.2) is 14.8 Å². The van der Waals surface area contributed by atoms with Crippen molar-refractivity contribution in [3.8, 4) is 18.0 Å². The highest BCUT2D eigenvalue weighted by Crippen LogP contribution is 2.34. The van der Waals surface area contributed by atoms with Crippen molar-refractivity contribution in [2.45, 2.75) is 26.1 Å². The van der Waals surface area contributed by atoms with E-state index in [1.165, 1.54) is 12.4 Å². The molecule has 34 heavy (non-hydrogen) atoms. The molecule has 0 radical (unpaired) electrons. The van der Waals surface area contributed by atoms with Crippen molar-refractivity contribution in [3.05, 3.63) is 40.7 Å². The molecule has 3 heterocycles. The summed E-state index contributed by atoms with van der Waals surface area (Å²) in [6.45, 7) is 5.31. The molecule has 4 rings (SSSR count). The molecule has 2 atom stereocenters. The second kappa shape index (κ2) is 10.1. The molecule has 1 aromatic heterocycles. The number of nitriles is 2. The number of likely N-dealkylation sites (tertiary alicyclic amines) is 1. The number of aromatic nitrogens is 2. The maximum Gasteiger partial charge on any atom is 0.410 e. The molecule has 10 nitrogen and oxygen atoms in total. The van der Waals surface area contributed by atoms with Crippen LogP contribution < -0.4 is 10.1 Å². The Labute approximate surface area is 202 Å². The Morgan fingerprint density at radius 2 is 1.97 bits per heavy atom. The molecule has 0 aliphatic carbocycles. The molecule has 1 amide bonds. The van der Waals surface area contributed by atoms with Crippen LogP contribution in [-0.4, -0.2) is 59.5 Å². The van der Waals surface area contributed by atoms with Gasteiger partial charge in [-0.1, -0.05) is 11.6 Å². The number of piperidine rings is 1. The highest BCUT2D eigenvalue weighted by molar-refractivity contribution is 6.33. The van der Waals surface area contributed by atoms with E-state index in [2.05, 4.69) is 21.4 Å². The summed E-state index contributed by atoms with van der Waals surface area (Å²) in [7, 11) is 0. The van der Waals surface area contributed by atoms with Crippen molar-refractivity contribution in [1.82, 2.24) is 14.9 Å². The summed E-state index contributed by atoms with van der Waals surface area (Å²) >= 11 is 6.26. The molecule has 2 aromatic rings. The molecule has 2 fully saturated rings. The van der Waals surface area contributed by atoms with E-state index in [0.29, 0.717) is 42.6 Å². The smallest absolute Gasteiger partial charge is 0.410 e. The Bertz CT molecular complexity index is 1150. The number of hydrogen-bond donors (Lipinski definition) is 1. The van der Waals surface area contributed by atoms with E-state index in [1.54, 1.807) is 17.0 Å². The number of amides is 1. The fourth-order valence-corrected chi connectivity index (χ4v) is 4.34. The van der Waals surface area contributed by atoms with Gasteiger partial charge >= 0.3 is 6.09 Å². The number of fused-ring (bicyclic) bond motifs is 2. The van der Waals surface area contributed by atoms with E-state index in [0.717, 1.165) is 0 Å². The van der Waals surface area contributed by atoms with Gasteiger partial charge in [0.15, 0.2) is 11.4 Å². The average molecular weight is 483 g/mol. The number of rotatable bonds is 5. The summed E-state index contributed by atoms with van der Waals surface area (Å²) in [6.07, 6.45) is 0.464. The number of nitrogens with zero attached hydrogens (tertiary/aromatic N) is 5. The summed E-state index contributed by atoms with van der Waals surface area (Å²) in [5.74, 6) is 0.180. The normalized spacial score (nSPS) is 21.4. The lowest BCUT2D eigenvalue weighted by Gasteiger charge is -2.45. The zero-order chi connectivity index (χ0) is 24.2. The lowest BCUT2D eigenvalue weighted by atomic mass is 9.84.